The SMILES string of the molecule is O=C(Nc1nc2ccc(Cl)nc2s1)NC1CCc2ncnn2C1. The molecule has 4 rings (SSSR count). The molecule has 2 N–H and O–H groups in total. The number of aryl methyl sites for hydroxylation is 1. The largest absolute Gasteiger partial charge is 0.333 e. The van der Waals surface area contributed by atoms with Gasteiger partial charge in [-0.1, -0.05) is 22.9 Å². The fourth-order valence-electron chi connectivity index (χ4n) is 2.52. The summed E-state index contributed by atoms with van der Waals surface area (Å²) in [5, 5.41) is 10.7. The monoisotopic (exact) mass is 349 g/mol. The second-order valence-electron chi connectivity index (χ2n) is 5.17. The molecule has 0 bridgehead atoms. The Morgan fingerprint density at radius 2 is 2.30 bits per heavy atom. The molecule has 3 aromatic heterocycles. The van der Waals surface area contributed by atoms with E-state index in [1.807, 2.05) is 4.68 Å². The quantitative estimate of drug-likeness (QED) is 0.690. The zero-order valence-electron chi connectivity index (χ0n) is 11.9. The van der Waals surface area contributed by atoms with Gasteiger partial charge in [-0.15, -0.1) is 0 Å². The third kappa shape index (κ3) is 2.97. The van der Waals surface area contributed by atoms with Crippen molar-refractivity contribution >= 4 is 44.4 Å². The van der Waals surface area contributed by atoms with Gasteiger partial charge < -0.3 is 5.32 Å². The van der Waals surface area contributed by atoms with Crippen molar-refractivity contribution in [2.75, 3.05) is 5.32 Å². The van der Waals surface area contributed by atoms with Crippen LogP contribution in [0, 0.1) is 0 Å². The highest BCUT2D eigenvalue weighted by molar-refractivity contribution is 7.22. The Hall–Kier alpha value is -2.26. The van der Waals surface area contributed by atoms with Crippen LogP contribution < -0.4 is 10.6 Å². The molecule has 1 aliphatic heterocycles. The second-order valence-corrected chi connectivity index (χ2v) is 6.53. The third-order valence-corrected chi connectivity index (χ3v) is 4.67. The van der Waals surface area contributed by atoms with Crippen molar-refractivity contribution in [3.05, 3.63) is 29.4 Å². The fraction of sp³-hybridized carbons (Fsp3) is 0.308. The minimum absolute atomic E-state index is 0.0196. The van der Waals surface area contributed by atoms with Gasteiger partial charge in [0.2, 0.25) is 0 Å². The van der Waals surface area contributed by atoms with E-state index in [2.05, 4.69) is 30.7 Å². The number of rotatable bonds is 2. The molecule has 1 aliphatic rings. The molecule has 8 nitrogen and oxygen atoms in total. The van der Waals surface area contributed by atoms with Gasteiger partial charge in [0.25, 0.3) is 0 Å². The molecule has 1 atom stereocenters. The molecule has 3 aromatic rings. The third-order valence-electron chi connectivity index (χ3n) is 3.58. The predicted octanol–water partition coefficient (Wildman–Crippen LogP) is 2.07. The number of carbonyl (C=O) groups excluding carboxylic acids is 1. The van der Waals surface area contributed by atoms with Crippen LogP contribution in [-0.4, -0.2) is 36.8 Å². The first-order chi connectivity index (χ1) is 11.2. The lowest BCUT2D eigenvalue weighted by atomic mass is 10.1. The molecule has 0 spiro atoms. The maximum absolute atomic E-state index is 12.1. The highest BCUT2D eigenvalue weighted by Gasteiger charge is 2.21. The van der Waals surface area contributed by atoms with Crippen molar-refractivity contribution in [3.63, 3.8) is 0 Å². The summed E-state index contributed by atoms with van der Waals surface area (Å²) in [4.78, 5) is 25.5. The summed E-state index contributed by atoms with van der Waals surface area (Å²) >= 11 is 7.13. The molecule has 23 heavy (non-hydrogen) atoms. The molecule has 1 unspecified atom stereocenters. The molecule has 0 aromatic carbocycles. The minimum Gasteiger partial charge on any atom is -0.333 e. The Bertz CT molecular complexity index is 876. The summed E-state index contributed by atoms with van der Waals surface area (Å²) in [6.45, 7) is 0.625. The summed E-state index contributed by atoms with van der Waals surface area (Å²) in [6.07, 6.45) is 3.18. The van der Waals surface area contributed by atoms with E-state index in [4.69, 9.17) is 11.6 Å². The first-order valence-corrected chi connectivity index (χ1v) is 8.24. The average molecular weight is 350 g/mol. The Morgan fingerprint density at radius 3 is 3.22 bits per heavy atom. The number of hydrogen-bond donors (Lipinski definition) is 2. The van der Waals surface area contributed by atoms with Crippen LogP contribution in [-0.2, 0) is 13.0 Å². The molecular weight excluding hydrogens is 338 g/mol. The molecular formula is C13H12ClN7OS. The van der Waals surface area contributed by atoms with Crippen molar-refractivity contribution in [1.82, 2.24) is 30.0 Å². The van der Waals surface area contributed by atoms with Crippen LogP contribution in [0.25, 0.3) is 10.3 Å². The molecule has 10 heteroatoms. The standard InChI is InChI=1S/C13H12ClN7OS/c14-9-3-2-8-11(19-9)23-13(18-8)20-12(22)17-7-1-4-10-15-6-16-21(10)5-7/h2-3,6-7H,1,4-5H2,(H2,17,18,20,22). The minimum atomic E-state index is -0.288. The maximum atomic E-state index is 12.1. The maximum Gasteiger partial charge on any atom is 0.321 e. The van der Waals surface area contributed by atoms with Crippen LogP contribution >= 0.6 is 22.9 Å². The Morgan fingerprint density at radius 1 is 1.39 bits per heavy atom. The average Bonchev–Trinajstić information content (AvgIpc) is 3.11. The predicted molar refractivity (Wildman–Crippen MR) is 86.7 cm³/mol. The molecule has 0 radical (unpaired) electrons. The van der Waals surface area contributed by atoms with Gasteiger partial charge in [0.1, 0.15) is 27.7 Å². The van der Waals surface area contributed by atoms with Crippen molar-refractivity contribution in [1.29, 1.82) is 0 Å². The number of anilines is 1. The number of hydrogen-bond acceptors (Lipinski definition) is 6. The van der Waals surface area contributed by atoms with E-state index >= 15 is 0 Å². The Balaban J connectivity index is 1.41. The van der Waals surface area contributed by atoms with E-state index in [0.717, 1.165) is 18.7 Å². The van der Waals surface area contributed by atoms with Gasteiger partial charge in [-0.2, -0.15) is 5.10 Å². The number of thiazole rings is 1. The van der Waals surface area contributed by atoms with Crippen LogP contribution in [0.4, 0.5) is 9.93 Å². The van der Waals surface area contributed by atoms with E-state index < -0.39 is 0 Å². The number of fused-ring (bicyclic) bond motifs is 2. The normalized spacial score (nSPS) is 17.0. The van der Waals surface area contributed by atoms with Gasteiger partial charge >= 0.3 is 6.03 Å². The Kier molecular flexibility index (Phi) is 3.58. The molecule has 0 aliphatic carbocycles. The summed E-state index contributed by atoms with van der Waals surface area (Å²) < 4.78 is 1.82. The topological polar surface area (TPSA) is 97.6 Å². The van der Waals surface area contributed by atoms with Crippen molar-refractivity contribution in [2.24, 2.45) is 0 Å². The van der Waals surface area contributed by atoms with E-state index in [-0.39, 0.29) is 12.1 Å². The molecule has 0 saturated carbocycles. The summed E-state index contributed by atoms with van der Waals surface area (Å²) in [7, 11) is 0. The molecule has 4 heterocycles. The van der Waals surface area contributed by atoms with E-state index in [1.54, 1.807) is 12.1 Å². The Labute approximate surface area is 139 Å². The zero-order valence-corrected chi connectivity index (χ0v) is 13.4. The highest BCUT2D eigenvalue weighted by atomic mass is 35.5. The lowest BCUT2D eigenvalue weighted by Crippen LogP contribution is -2.43. The molecule has 118 valence electrons. The number of pyridine rings is 1. The number of nitrogens with one attached hydrogen (secondary N) is 2. The summed E-state index contributed by atoms with van der Waals surface area (Å²) in [6, 6.07) is 3.18. The van der Waals surface area contributed by atoms with Crippen molar-refractivity contribution in [3.8, 4) is 0 Å². The molecule has 0 fully saturated rings. The van der Waals surface area contributed by atoms with Gasteiger partial charge in [-0.25, -0.2) is 24.4 Å². The number of urea groups is 1. The van der Waals surface area contributed by atoms with Gasteiger partial charge in [-0.05, 0) is 18.6 Å². The van der Waals surface area contributed by atoms with Crippen LogP contribution in [0.5, 0.6) is 0 Å². The van der Waals surface area contributed by atoms with Crippen LogP contribution in [0.2, 0.25) is 5.15 Å². The first kappa shape index (κ1) is 14.3. The lowest BCUT2D eigenvalue weighted by Gasteiger charge is -2.23. The molecule has 2 amide bonds. The van der Waals surface area contributed by atoms with Gasteiger partial charge in [0.05, 0.1) is 12.6 Å². The molecule has 0 saturated heterocycles. The van der Waals surface area contributed by atoms with Crippen LogP contribution in [0.15, 0.2) is 18.5 Å². The number of halogens is 1. The van der Waals surface area contributed by atoms with Crippen molar-refractivity contribution < 1.29 is 4.79 Å². The van der Waals surface area contributed by atoms with E-state index in [9.17, 15) is 4.79 Å². The number of nitrogens with zero attached hydrogens (tertiary/aromatic N) is 5. The van der Waals surface area contributed by atoms with Crippen LogP contribution in [0.3, 0.4) is 0 Å². The van der Waals surface area contributed by atoms with Gasteiger partial charge in [-0.3, -0.25) is 5.32 Å². The van der Waals surface area contributed by atoms with E-state index in [0.29, 0.717) is 27.2 Å². The number of carbonyl (C=O) groups is 1. The lowest BCUT2D eigenvalue weighted by molar-refractivity contribution is 0.243. The summed E-state index contributed by atoms with van der Waals surface area (Å²) in [5.74, 6) is 0.956. The van der Waals surface area contributed by atoms with Crippen molar-refractivity contribution in [2.45, 2.75) is 25.4 Å². The highest BCUT2D eigenvalue weighted by Crippen LogP contribution is 2.25. The first-order valence-electron chi connectivity index (χ1n) is 7.05. The van der Waals surface area contributed by atoms with Crippen LogP contribution in [0.1, 0.15) is 12.2 Å². The van der Waals surface area contributed by atoms with Gasteiger partial charge in [0, 0.05) is 6.42 Å². The fourth-order valence-corrected chi connectivity index (χ4v) is 3.55. The smallest absolute Gasteiger partial charge is 0.321 e. The number of amides is 2. The zero-order chi connectivity index (χ0) is 15.8. The second kappa shape index (κ2) is 5.74. The summed E-state index contributed by atoms with van der Waals surface area (Å²) in [5.41, 5.74) is 0.708. The number of aromatic nitrogens is 5. The van der Waals surface area contributed by atoms with E-state index in [1.165, 1.54) is 17.7 Å². The van der Waals surface area contributed by atoms with Gasteiger partial charge in [0.15, 0.2) is 5.13 Å².